The van der Waals surface area contributed by atoms with Crippen molar-refractivity contribution in [2.24, 2.45) is 0 Å². The predicted molar refractivity (Wildman–Crippen MR) is 72.7 cm³/mol. The van der Waals surface area contributed by atoms with Crippen LogP contribution in [0.1, 0.15) is 18.5 Å². The highest BCUT2D eigenvalue weighted by atomic mass is 19.1. The van der Waals surface area contributed by atoms with Gasteiger partial charge in [0.05, 0.1) is 0 Å². The van der Waals surface area contributed by atoms with E-state index in [2.05, 4.69) is 5.32 Å². The molecule has 1 atom stereocenters. The van der Waals surface area contributed by atoms with Gasteiger partial charge in [0.25, 0.3) is 0 Å². The Labute approximate surface area is 115 Å². The van der Waals surface area contributed by atoms with Gasteiger partial charge in [0.1, 0.15) is 0 Å². The van der Waals surface area contributed by atoms with Crippen LogP contribution in [-0.4, -0.2) is 11.9 Å². The minimum Gasteiger partial charge on any atom is -0.505 e. The number of phenols is 1. The molecule has 104 valence electrons. The fourth-order valence-corrected chi connectivity index (χ4v) is 2.11. The first kappa shape index (κ1) is 12.6. The first-order valence-corrected chi connectivity index (χ1v) is 6.28. The molecule has 20 heavy (non-hydrogen) atoms. The van der Waals surface area contributed by atoms with Gasteiger partial charge in [-0.3, -0.25) is 0 Å². The van der Waals surface area contributed by atoms with Crippen molar-refractivity contribution in [2.75, 3.05) is 12.1 Å². The third-order valence-electron chi connectivity index (χ3n) is 3.23. The van der Waals surface area contributed by atoms with Crippen LogP contribution in [0, 0.1) is 5.82 Å². The number of anilines is 1. The Morgan fingerprint density at radius 1 is 1.15 bits per heavy atom. The average Bonchev–Trinajstić information content (AvgIpc) is 2.90. The number of benzene rings is 2. The Morgan fingerprint density at radius 2 is 1.95 bits per heavy atom. The maximum Gasteiger partial charge on any atom is 0.231 e. The fourth-order valence-electron chi connectivity index (χ4n) is 2.11. The van der Waals surface area contributed by atoms with Crippen molar-refractivity contribution in [1.29, 1.82) is 0 Å². The van der Waals surface area contributed by atoms with Crippen LogP contribution in [0.5, 0.6) is 17.2 Å². The van der Waals surface area contributed by atoms with Crippen molar-refractivity contribution in [3.8, 4) is 17.2 Å². The van der Waals surface area contributed by atoms with Gasteiger partial charge in [-0.15, -0.1) is 0 Å². The number of hydrogen-bond acceptors (Lipinski definition) is 4. The van der Waals surface area contributed by atoms with Crippen LogP contribution in [0.15, 0.2) is 36.4 Å². The van der Waals surface area contributed by atoms with E-state index >= 15 is 0 Å². The van der Waals surface area contributed by atoms with Crippen LogP contribution in [0.4, 0.5) is 10.1 Å². The Balaban J connectivity index is 1.78. The quantitative estimate of drug-likeness (QED) is 0.843. The van der Waals surface area contributed by atoms with E-state index in [-0.39, 0.29) is 18.6 Å². The Bertz CT molecular complexity index is 645. The van der Waals surface area contributed by atoms with E-state index < -0.39 is 5.82 Å². The first-order chi connectivity index (χ1) is 9.63. The highest BCUT2D eigenvalue weighted by Gasteiger charge is 2.15. The number of phenolic OH excluding ortho intramolecular Hbond substituents is 1. The van der Waals surface area contributed by atoms with E-state index in [0.717, 1.165) is 11.3 Å². The number of halogens is 1. The monoisotopic (exact) mass is 275 g/mol. The Kier molecular flexibility index (Phi) is 3.10. The zero-order valence-electron chi connectivity index (χ0n) is 10.9. The summed E-state index contributed by atoms with van der Waals surface area (Å²) in [5.74, 6) is 0.448. The number of nitrogens with one attached hydrogen (secondary N) is 1. The van der Waals surface area contributed by atoms with Gasteiger partial charge < -0.3 is 19.9 Å². The lowest BCUT2D eigenvalue weighted by Gasteiger charge is -2.16. The summed E-state index contributed by atoms with van der Waals surface area (Å²) >= 11 is 0. The molecule has 0 saturated carbocycles. The molecule has 1 heterocycles. The summed E-state index contributed by atoms with van der Waals surface area (Å²) in [6.07, 6.45) is 0. The summed E-state index contributed by atoms with van der Waals surface area (Å²) in [6.45, 7) is 2.20. The lowest BCUT2D eigenvalue weighted by molar-refractivity contribution is 0.174. The highest BCUT2D eigenvalue weighted by Crippen LogP contribution is 2.35. The molecule has 2 aromatic carbocycles. The molecule has 0 radical (unpaired) electrons. The van der Waals surface area contributed by atoms with Gasteiger partial charge in [0, 0.05) is 17.8 Å². The Hall–Kier alpha value is -2.43. The lowest BCUT2D eigenvalue weighted by atomic mass is 10.1. The summed E-state index contributed by atoms with van der Waals surface area (Å²) in [4.78, 5) is 0. The number of fused-ring (bicyclic) bond motifs is 1. The SMILES string of the molecule is CC(Nc1ccc(O)c(F)c1)c1ccc2c(c1)OCO2. The maximum absolute atomic E-state index is 13.3. The minimum atomic E-state index is -0.645. The van der Waals surface area contributed by atoms with Crippen LogP contribution in [0.2, 0.25) is 0 Å². The molecular weight excluding hydrogens is 261 g/mol. The molecule has 0 saturated heterocycles. The molecule has 1 aliphatic rings. The molecule has 0 aliphatic carbocycles. The van der Waals surface area contributed by atoms with Gasteiger partial charge in [-0.1, -0.05) is 6.07 Å². The van der Waals surface area contributed by atoms with Gasteiger partial charge in [0.15, 0.2) is 23.1 Å². The number of hydrogen-bond donors (Lipinski definition) is 2. The minimum absolute atomic E-state index is 0.0338. The van der Waals surface area contributed by atoms with Crippen LogP contribution >= 0.6 is 0 Å². The molecule has 4 nitrogen and oxygen atoms in total. The van der Waals surface area contributed by atoms with E-state index in [4.69, 9.17) is 14.6 Å². The molecule has 1 unspecified atom stereocenters. The zero-order chi connectivity index (χ0) is 14.1. The second kappa shape index (κ2) is 4.92. The summed E-state index contributed by atoms with van der Waals surface area (Å²) in [7, 11) is 0. The Morgan fingerprint density at radius 3 is 2.75 bits per heavy atom. The number of rotatable bonds is 3. The van der Waals surface area contributed by atoms with E-state index in [9.17, 15) is 4.39 Å². The zero-order valence-corrected chi connectivity index (χ0v) is 10.9. The van der Waals surface area contributed by atoms with Gasteiger partial charge >= 0.3 is 0 Å². The van der Waals surface area contributed by atoms with Crippen LogP contribution < -0.4 is 14.8 Å². The van der Waals surface area contributed by atoms with E-state index in [1.165, 1.54) is 12.1 Å². The van der Waals surface area contributed by atoms with Crippen molar-refractivity contribution in [3.63, 3.8) is 0 Å². The molecule has 0 amide bonds. The van der Waals surface area contributed by atoms with E-state index in [1.54, 1.807) is 6.07 Å². The number of aromatic hydroxyl groups is 1. The lowest BCUT2D eigenvalue weighted by Crippen LogP contribution is -2.06. The van der Waals surface area contributed by atoms with Crippen molar-refractivity contribution < 1.29 is 19.0 Å². The predicted octanol–water partition coefficient (Wildman–Crippen LogP) is 3.43. The van der Waals surface area contributed by atoms with Gasteiger partial charge in [-0.05, 0) is 36.8 Å². The molecule has 0 aromatic heterocycles. The summed E-state index contributed by atoms with van der Waals surface area (Å²) in [6, 6.07) is 9.87. The molecule has 0 fully saturated rings. The average molecular weight is 275 g/mol. The van der Waals surface area contributed by atoms with Crippen LogP contribution in [0.25, 0.3) is 0 Å². The maximum atomic E-state index is 13.3. The normalized spacial score (nSPS) is 14.1. The van der Waals surface area contributed by atoms with Gasteiger partial charge in [-0.2, -0.15) is 0 Å². The van der Waals surface area contributed by atoms with Crippen LogP contribution in [0.3, 0.4) is 0 Å². The van der Waals surface area contributed by atoms with E-state index in [1.807, 2.05) is 25.1 Å². The van der Waals surface area contributed by atoms with Crippen LogP contribution in [-0.2, 0) is 0 Å². The molecule has 0 spiro atoms. The molecule has 0 bridgehead atoms. The van der Waals surface area contributed by atoms with Crippen molar-refractivity contribution in [2.45, 2.75) is 13.0 Å². The largest absolute Gasteiger partial charge is 0.505 e. The third kappa shape index (κ3) is 2.34. The summed E-state index contributed by atoms with van der Waals surface area (Å²) in [5, 5.41) is 12.3. The highest BCUT2D eigenvalue weighted by molar-refractivity contribution is 5.51. The molecule has 2 aromatic rings. The summed E-state index contributed by atoms with van der Waals surface area (Å²) < 4.78 is 23.9. The third-order valence-corrected chi connectivity index (χ3v) is 3.23. The summed E-state index contributed by atoms with van der Waals surface area (Å²) in [5.41, 5.74) is 1.60. The fraction of sp³-hybridized carbons (Fsp3) is 0.200. The molecule has 1 aliphatic heterocycles. The second-order valence-electron chi connectivity index (χ2n) is 4.64. The van der Waals surface area contributed by atoms with Crippen molar-refractivity contribution in [3.05, 3.63) is 47.8 Å². The van der Waals surface area contributed by atoms with Crippen molar-refractivity contribution >= 4 is 5.69 Å². The topological polar surface area (TPSA) is 50.7 Å². The van der Waals surface area contributed by atoms with E-state index in [0.29, 0.717) is 11.4 Å². The standard InChI is InChI=1S/C15H14FNO3/c1-9(17-11-3-4-13(18)12(16)7-11)10-2-5-14-15(6-10)20-8-19-14/h2-7,9,17-18H,8H2,1H3. The second-order valence-corrected chi connectivity index (χ2v) is 4.64. The molecular formula is C15H14FNO3. The van der Waals surface area contributed by atoms with Gasteiger partial charge in [-0.25, -0.2) is 4.39 Å². The molecule has 5 heteroatoms. The molecule has 2 N–H and O–H groups in total. The first-order valence-electron chi connectivity index (χ1n) is 6.28. The smallest absolute Gasteiger partial charge is 0.231 e. The van der Waals surface area contributed by atoms with Crippen molar-refractivity contribution in [1.82, 2.24) is 0 Å². The number of ether oxygens (including phenoxy) is 2. The van der Waals surface area contributed by atoms with Gasteiger partial charge in [0.2, 0.25) is 6.79 Å². The molecule has 3 rings (SSSR count).